The zero-order valence-corrected chi connectivity index (χ0v) is 12.0. The van der Waals surface area contributed by atoms with Crippen molar-refractivity contribution in [3.63, 3.8) is 0 Å². The highest BCUT2D eigenvalue weighted by Crippen LogP contribution is 2.38. The Kier molecular flexibility index (Phi) is 3.22. The lowest BCUT2D eigenvalue weighted by Gasteiger charge is -2.28. The Morgan fingerprint density at radius 3 is 2.11 bits per heavy atom. The van der Waals surface area contributed by atoms with Gasteiger partial charge >= 0.3 is 0 Å². The van der Waals surface area contributed by atoms with Crippen LogP contribution in [0.25, 0.3) is 0 Å². The van der Waals surface area contributed by atoms with E-state index in [0.717, 1.165) is 42.4 Å². The number of carbonyl (C=O) groups is 1. The molecule has 19 heavy (non-hydrogen) atoms. The van der Waals surface area contributed by atoms with Gasteiger partial charge in [-0.2, -0.15) is 0 Å². The summed E-state index contributed by atoms with van der Waals surface area (Å²) in [6, 6.07) is 4.24. The van der Waals surface area contributed by atoms with Gasteiger partial charge in [0.15, 0.2) is 5.78 Å². The molecule has 1 aromatic carbocycles. The first-order valence-electron chi connectivity index (χ1n) is 7.32. The minimum absolute atomic E-state index is 0.173. The third-order valence-electron chi connectivity index (χ3n) is 4.58. The van der Waals surface area contributed by atoms with Gasteiger partial charge in [0, 0.05) is 11.5 Å². The lowest BCUT2D eigenvalue weighted by Crippen LogP contribution is -2.30. The van der Waals surface area contributed by atoms with E-state index in [4.69, 9.17) is 4.74 Å². The van der Waals surface area contributed by atoms with Crippen molar-refractivity contribution in [3.8, 4) is 0 Å². The van der Waals surface area contributed by atoms with Gasteiger partial charge < -0.3 is 4.74 Å². The van der Waals surface area contributed by atoms with Crippen molar-refractivity contribution in [2.45, 2.75) is 58.7 Å². The van der Waals surface area contributed by atoms with Gasteiger partial charge in [-0.05, 0) is 57.6 Å². The second-order valence-electron chi connectivity index (χ2n) is 6.26. The molecule has 2 heteroatoms. The third kappa shape index (κ3) is 2.34. The molecule has 0 amide bonds. The van der Waals surface area contributed by atoms with E-state index in [9.17, 15) is 4.79 Å². The first kappa shape index (κ1) is 12.9. The number of aryl methyl sites for hydroxylation is 3. The molecule has 0 aliphatic carbocycles. The average Bonchev–Trinajstić information content (AvgIpc) is 2.66. The van der Waals surface area contributed by atoms with E-state index in [-0.39, 0.29) is 5.92 Å². The van der Waals surface area contributed by atoms with Gasteiger partial charge in [-0.1, -0.05) is 17.7 Å². The molecule has 2 bridgehead atoms. The Bertz CT molecular complexity index is 483. The minimum atomic E-state index is 0.173. The van der Waals surface area contributed by atoms with Crippen LogP contribution in [0.15, 0.2) is 12.1 Å². The first-order chi connectivity index (χ1) is 9.04. The number of rotatable bonds is 2. The zero-order chi connectivity index (χ0) is 13.6. The van der Waals surface area contributed by atoms with E-state index in [1.54, 1.807) is 0 Å². The third-order valence-corrected chi connectivity index (χ3v) is 4.58. The van der Waals surface area contributed by atoms with Crippen LogP contribution in [0.2, 0.25) is 0 Å². The van der Waals surface area contributed by atoms with Gasteiger partial charge in [-0.15, -0.1) is 0 Å². The Labute approximate surface area is 115 Å². The van der Waals surface area contributed by atoms with Crippen LogP contribution in [0.4, 0.5) is 0 Å². The van der Waals surface area contributed by atoms with Crippen molar-refractivity contribution in [1.29, 1.82) is 0 Å². The van der Waals surface area contributed by atoms with Crippen LogP contribution >= 0.6 is 0 Å². The minimum Gasteiger partial charge on any atom is -0.375 e. The molecular weight excluding hydrogens is 236 g/mol. The van der Waals surface area contributed by atoms with Crippen LogP contribution in [0.3, 0.4) is 0 Å². The van der Waals surface area contributed by atoms with Crippen molar-refractivity contribution in [3.05, 3.63) is 34.4 Å². The normalized spacial score (nSPS) is 29.5. The Balaban J connectivity index is 1.88. The summed E-state index contributed by atoms with van der Waals surface area (Å²) in [5, 5.41) is 0. The molecule has 102 valence electrons. The van der Waals surface area contributed by atoms with E-state index in [2.05, 4.69) is 32.9 Å². The summed E-state index contributed by atoms with van der Waals surface area (Å²) in [6.45, 7) is 6.20. The smallest absolute Gasteiger partial charge is 0.166 e. The topological polar surface area (TPSA) is 26.3 Å². The zero-order valence-electron chi connectivity index (χ0n) is 12.0. The number of carbonyl (C=O) groups excluding carboxylic acids is 1. The largest absolute Gasteiger partial charge is 0.375 e. The van der Waals surface area contributed by atoms with Crippen LogP contribution < -0.4 is 0 Å². The van der Waals surface area contributed by atoms with Crippen molar-refractivity contribution in [2.75, 3.05) is 0 Å². The highest BCUT2D eigenvalue weighted by molar-refractivity contribution is 6.00. The highest BCUT2D eigenvalue weighted by Gasteiger charge is 2.38. The predicted molar refractivity (Wildman–Crippen MR) is 75.6 cm³/mol. The maximum atomic E-state index is 12.8. The summed E-state index contributed by atoms with van der Waals surface area (Å²) in [7, 11) is 0. The van der Waals surface area contributed by atoms with Crippen molar-refractivity contribution in [2.24, 2.45) is 5.92 Å². The number of hydrogen-bond donors (Lipinski definition) is 0. The van der Waals surface area contributed by atoms with Gasteiger partial charge in [0.2, 0.25) is 0 Å². The molecule has 2 saturated heterocycles. The van der Waals surface area contributed by atoms with Crippen LogP contribution in [-0.4, -0.2) is 18.0 Å². The van der Waals surface area contributed by atoms with Crippen LogP contribution in [0.5, 0.6) is 0 Å². The molecule has 2 aliphatic heterocycles. The van der Waals surface area contributed by atoms with Crippen LogP contribution in [0, 0.1) is 26.7 Å². The van der Waals surface area contributed by atoms with E-state index in [1.165, 1.54) is 5.56 Å². The lowest BCUT2D eigenvalue weighted by molar-refractivity contribution is -0.0149. The molecule has 2 nitrogen and oxygen atoms in total. The molecule has 2 atom stereocenters. The molecule has 2 unspecified atom stereocenters. The summed E-state index contributed by atoms with van der Waals surface area (Å²) in [6.07, 6.45) is 4.78. The molecule has 0 aromatic heterocycles. The summed E-state index contributed by atoms with van der Waals surface area (Å²) < 4.78 is 5.84. The molecule has 2 aliphatic rings. The molecular formula is C17H22O2. The van der Waals surface area contributed by atoms with E-state index >= 15 is 0 Å². The Morgan fingerprint density at radius 1 is 1.05 bits per heavy atom. The Morgan fingerprint density at radius 2 is 1.58 bits per heavy atom. The number of benzene rings is 1. The lowest BCUT2D eigenvalue weighted by atomic mass is 9.84. The summed E-state index contributed by atoms with van der Waals surface area (Å²) in [4.78, 5) is 12.8. The SMILES string of the molecule is Cc1cc(C)c(C(=O)C2CC3CCC(C2)O3)c(C)c1. The van der Waals surface area contributed by atoms with E-state index in [0.29, 0.717) is 18.0 Å². The standard InChI is InChI=1S/C17H22O2/c1-10-6-11(2)16(12(3)7-10)17(18)13-8-14-4-5-15(9-13)19-14/h6-7,13-15H,4-5,8-9H2,1-3H3. The quantitative estimate of drug-likeness (QED) is 0.755. The van der Waals surface area contributed by atoms with Gasteiger partial charge in [0.25, 0.3) is 0 Å². The molecule has 0 spiro atoms. The summed E-state index contributed by atoms with van der Waals surface area (Å²) in [5.74, 6) is 0.515. The molecule has 2 fully saturated rings. The van der Waals surface area contributed by atoms with Gasteiger partial charge in [0.05, 0.1) is 12.2 Å². The number of hydrogen-bond acceptors (Lipinski definition) is 2. The fourth-order valence-electron chi connectivity index (χ4n) is 3.84. The van der Waals surface area contributed by atoms with Crippen molar-refractivity contribution in [1.82, 2.24) is 0 Å². The Hall–Kier alpha value is -1.15. The predicted octanol–water partition coefficient (Wildman–Crippen LogP) is 3.75. The molecule has 1 aromatic rings. The van der Waals surface area contributed by atoms with Gasteiger partial charge in [0.1, 0.15) is 0 Å². The molecule has 0 radical (unpaired) electrons. The number of ketones is 1. The average molecular weight is 258 g/mol. The maximum absolute atomic E-state index is 12.8. The van der Waals surface area contributed by atoms with Crippen LogP contribution in [0.1, 0.15) is 52.7 Å². The second kappa shape index (κ2) is 4.75. The molecule has 2 heterocycles. The second-order valence-corrected chi connectivity index (χ2v) is 6.26. The van der Waals surface area contributed by atoms with E-state index < -0.39 is 0 Å². The maximum Gasteiger partial charge on any atom is 0.166 e. The summed E-state index contributed by atoms with van der Waals surface area (Å²) >= 11 is 0. The monoisotopic (exact) mass is 258 g/mol. The van der Waals surface area contributed by atoms with E-state index in [1.807, 2.05) is 0 Å². The molecule has 0 N–H and O–H groups in total. The first-order valence-corrected chi connectivity index (χ1v) is 7.32. The van der Waals surface area contributed by atoms with Gasteiger partial charge in [-0.3, -0.25) is 4.79 Å². The number of Topliss-reactive ketones (excluding diaryl/α,β-unsaturated/α-hetero) is 1. The van der Waals surface area contributed by atoms with Crippen molar-refractivity contribution < 1.29 is 9.53 Å². The van der Waals surface area contributed by atoms with Crippen LogP contribution in [-0.2, 0) is 4.74 Å². The van der Waals surface area contributed by atoms with Crippen molar-refractivity contribution >= 4 is 5.78 Å². The fraction of sp³-hybridized carbons (Fsp3) is 0.588. The molecule has 0 saturated carbocycles. The fourth-order valence-corrected chi connectivity index (χ4v) is 3.84. The number of ether oxygens (including phenoxy) is 1. The molecule has 3 rings (SSSR count). The summed E-state index contributed by atoms with van der Waals surface area (Å²) in [5.41, 5.74) is 4.44. The number of fused-ring (bicyclic) bond motifs is 2. The highest BCUT2D eigenvalue weighted by atomic mass is 16.5. The van der Waals surface area contributed by atoms with Gasteiger partial charge in [-0.25, -0.2) is 0 Å².